The van der Waals surface area contributed by atoms with Gasteiger partial charge in [0.2, 0.25) is 5.91 Å². The summed E-state index contributed by atoms with van der Waals surface area (Å²) in [6.07, 6.45) is 5.30. The largest absolute Gasteiger partial charge is 0.395 e. The summed E-state index contributed by atoms with van der Waals surface area (Å²) >= 11 is 3.60. The standard InChI is InChI=1S/C28H33BrFN7O3/c1-16(33-12-28(6-7-28)13-36(3)26(40)27(2,14-38)15-39)23-22(29)24(31)37-25(35-23)20(11-34-37)18-8-17-9-19(30)4-5-21(17)32-10-18/h4-5,8-11,16,33,38-39H,6-7,12-15,31H2,1-3H3. The van der Waals surface area contributed by atoms with Gasteiger partial charge in [0.15, 0.2) is 5.65 Å². The molecular formula is C28H33BrFN7O3. The van der Waals surface area contributed by atoms with Crippen molar-refractivity contribution < 1.29 is 19.4 Å². The number of carbonyl (C=O) groups excluding carboxylic acids is 1. The van der Waals surface area contributed by atoms with E-state index in [0.29, 0.717) is 45.6 Å². The van der Waals surface area contributed by atoms with E-state index in [0.717, 1.165) is 24.0 Å². The molecule has 3 heterocycles. The number of aromatic nitrogens is 4. The molecule has 12 heteroatoms. The van der Waals surface area contributed by atoms with Crippen molar-refractivity contribution in [1.82, 2.24) is 29.8 Å². The number of nitrogens with two attached hydrogens (primary N) is 1. The van der Waals surface area contributed by atoms with Crippen molar-refractivity contribution in [3.63, 3.8) is 0 Å². The smallest absolute Gasteiger partial charge is 0.232 e. The predicted octanol–water partition coefficient (Wildman–Crippen LogP) is 3.31. The van der Waals surface area contributed by atoms with Crippen molar-refractivity contribution in [1.29, 1.82) is 0 Å². The maximum Gasteiger partial charge on any atom is 0.232 e. The zero-order valence-corrected chi connectivity index (χ0v) is 24.2. The van der Waals surface area contributed by atoms with Crippen LogP contribution >= 0.6 is 15.9 Å². The first-order chi connectivity index (χ1) is 19.0. The van der Waals surface area contributed by atoms with Gasteiger partial charge in [-0.15, -0.1) is 0 Å². The van der Waals surface area contributed by atoms with Crippen LogP contribution in [0.5, 0.6) is 0 Å². The summed E-state index contributed by atoms with van der Waals surface area (Å²) in [5, 5.41) is 27.9. The second-order valence-electron chi connectivity index (χ2n) is 11.2. The number of benzene rings is 1. The number of fused-ring (bicyclic) bond motifs is 2. The van der Waals surface area contributed by atoms with Crippen LogP contribution in [0.25, 0.3) is 27.7 Å². The van der Waals surface area contributed by atoms with E-state index in [9.17, 15) is 19.4 Å². The van der Waals surface area contributed by atoms with Gasteiger partial charge in [-0.3, -0.25) is 9.78 Å². The molecular weight excluding hydrogens is 581 g/mol. The first-order valence-corrected chi connectivity index (χ1v) is 13.9. The highest BCUT2D eigenvalue weighted by atomic mass is 79.9. The zero-order valence-electron chi connectivity index (χ0n) is 22.7. The summed E-state index contributed by atoms with van der Waals surface area (Å²) in [6, 6.07) is 6.14. The van der Waals surface area contributed by atoms with Gasteiger partial charge in [-0.25, -0.2) is 9.37 Å². The number of hydrogen-bond acceptors (Lipinski definition) is 8. The summed E-state index contributed by atoms with van der Waals surface area (Å²) in [5.41, 5.74) is 8.58. The molecule has 1 aliphatic rings. The number of amides is 1. The molecule has 5 rings (SSSR count). The fourth-order valence-electron chi connectivity index (χ4n) is 5.01. The van der Waals surface area contributed by atoms with Gasteiger partial charge in [0.05, 0.1) is 40.5 Å². The molecule has 212 valence electrons. The number of nitrogens with one attached hydrogen (secondary N) is 1. The molecule has 0 radical (unpaired) electrons. The molecule has 0 spiro atoms. The highest BCUT2D eigenvalue weighted by molar-refractivity contribution is 9.10. The predicted molar refractivity (Wildman–Crippen MR) is 154 cm³/mol. The number of nitrogens with zero attached hydrogens (tertiary/aromatic N) is 5. The number of rotatable bonds is 10. The molecule has 0 saturated heterocycles. The van der Waals surface area contributed by atoms with Gasteiger partial charge in [-0.2, -0.15) is 9.61 Å². The van der Waals surface area contributed by atoms with Crippen molar-refractivity contribution in [2.75, 3.05) is 39.1 Å². The molecule has 1 atom stereocenters. The SMILES string of the molecule is CC(NCC1(CN(C)C(=O)C(C)(CO)CO)CC1)c1nc2c(-c3cnc4ccc(F)cc4c3)cnn2c(N)c1Br. The third kappa shape index (κ3) is 5.16. The van der Waals surface area contributed by atoms with Crippen LogP contribution in [-0.2, 0) is 4.79 Å². The summed E-state index contributed by atoms with van der Waals surface area (Å²) in [7, 11) is 1.71. The third-order valence-corrected chi connectivity index (χ3v) is 8.70. The van der Waals surface area contributed by atoms with Gasteiger partial charge in [0.1, 0.15) is 11.6 Å². The fraction of sp³-hybridized carbons (Fsp3) is 0.429. The quantitative estimate of drug-likeness (QED) is 0.213. The Bertz CT molecular complexity index is 1590. The van der Waals surface area contributed by atoms with Gasteiger partial charge in [0.25, 0.3) is 0 Å². The van der Waals surface area contributed by atoms with E-state index in [1.807, 2.05) is 13.0 Å². The molecule has 10 nitrogen and oxygen atoms in total. The van der Waals surface area contributed by atoms with Crippen LogP contribution in [0.3, 0.4) is 0 Å². The van der Waals surface area contributed by atoms with Crippen molar-refractivity contribution in [3.8, 4) is 11.1 Å². The van der Waals surface area contributed by atoms with Crippen molar-refractivity contribution in [2.45, 2.75) is 32.7 Å². The van der Waals surface area contributed by atoms with E-state index in [4.69, 9.17) is 10.7 Å². The highest BCUT2D eigenvalue weighted by Crippen LogP contribution is 2.46. The summed E-state index contributed by atoms with van der Waals surface area (Å²) in [4.78, 5) is 23.8. The Kier molecular flexibility index (Phi) is 7.55. The fourth-order valence-corrected chi connectivity index (χ4v) is 5.61. The first kappa shape index (κ1) is 28.3. The average Bonchev–Trinajstić information content (AvgIpc) is 3.58. The maximum absolute atomic E-state index is 13.8. The number of aliphatic hydroxyl groups is 2. The van der Waals surface area contributed by atoms with Crippen LogP contribution in [-0.4, -0.2) is 74.0 Å². The molecule has 3 aromatic heterocycles. The molecule has 1 aromatic carbocycles. The summed E-state index contributed by atoms with van der Waals surface area (Å²) < 4.78 is 16.0. The number of hydrogen-bond donors (Lipinski definition) is 4. The van der Waals surface area contributed by atoms with Crippen LogP contribution in [0.15, 0.2) is 41.1 Å². The van der Waals surface area contributed by atoms with Gasteiger partial charge in [0, 0.05) is 54.3 Å². The molecule has 40 heavy (non-hydrogen) atoms. The lowest BCUT2D eigenvalue weighted by atomic mass is 9.90. The minimum atomic E-state index is -1.20. The van der Waals surface area contributed by atoms with E-state index < -0.39 is 18.6 Å². The molecule has 0 aliphatic heterocycles. The lowest BCUT2D eigenvalue weighted by molar-refractivity contribution is -0.145. The van der Waals surface area contributed by atoms with E-state index in [1.54, 1.807) is 41.8 Å². The molecule has 5 N–H and O–H groups in total. The van der Waals surface area contributed by atoms with Crippen molar-refractivity contribution >= 4 is 44.2 Å². The minimum Gasteiger partial charge on any atom is -0.395 e. The van der Waals surface area contributed by atoms with Crippen LogP contribution in [0.1, 0.15) is 38.4 Å². The maximum atomic E-state index is 13.8. The van der Waals surface area contributed by atoms with Gasteiger partial charge in [-0.1, -0.05) is 0 Å². The zero-order chi connectivity index (χ0) is 28.8. The molecule has 1 saturated carbocycles. The number of pyridine rings is 1. The monoisotopic (exact) mass is 613 g/mol. The average molecular weight is 615 g/mol. The summed E-state index contributed by atoms with van der Waals surface area (Å²) in [6.45, 7) is 3.89. The molecule has 1 amide bonds. The Labute approximate surface area is 239 Å². The lowest BCUT2D eigenvalue weighted by Crippen LogP contribution is -2.47. The van der Waals surface area contributed by atoms with E-state index >= 15 is 0 Å². The number of halogens is 2. The Balaban J connectivity index is 1.37. The topological polar surface area (TPSA) is 142 Å². The van der Waals surface area contributed by atoms with E-state index in [1.165, 1.54) is 12.1 Å². The second kappa shape index (κ2) is 10.7. The molecule has 4 aromatic rings. The number of nitrogen functional groups attached to an aromatic ring is 1. The van der Waals surface area contributed by atoms with E-state index in [2.05, 4.69) is 31.3 Å². The highest BCUT2D eigenvalue weighted by Gasteiger charge is 2.46. The second-order valence-corrected chi connectivity index (χ2v) is 12.0. The van der Waals surface area contributed by atoms with E-state index in [-0.39, 0.29) is 23.2 Å². The third-order valence-electron chi connectivity index (χ3n) is 7.89. The number of anilines is 1. The normalized spacial score (nSPS) is 15.5. The van der Waals surface area contributed by atoms with Gasteiger partial charge >= 0.3 is 0 Å². The van der Waals surface area contributed by atoms with Crippen molar-refractivity contribution in [3.05, 3.63) is 52.6 Å². The van der Waals surface area contributed by atoms with Crippen LogP contribution in [0.2, 0.25) is 0 Å². The molecule has 0 bridgehead atoms. The lowest BCUT2D eigenvalue weighted by Gasteiger charge is -2.32. The van der Waals surface area contributed by atoms with Crippen LogP contribution in [0.4, 0.5) is 10.2 Å². The molecule has 1 aliphatic carbocycles. The Morgan fingerprint density at radius 3 is 2.70 bits per heavy atom. The Morgan fingerprint density at radius 2 is 2.02 bits per heavy atom. The van der Waals surface area contributed by atoms with Gasteiger partial charge in [-0.05, 0) is 66.9 Å². The first-order valence-electron chi connectivity index (χ1n) is 13.1. The molecule has 1 fully saturated rings. The van der Waals surface area contributed by atoms with Crippen molar-refractivity contribution in [2.24, 2.45) is 10.8 Å². The van der Waals surface area contributed by atoms with Crippen LogP contribution < -0.4 is 11.1 Å². The van der Waals surface area contributed by atoms with Gasteiger partial charge < -0.3 is 26.2 Å². The number of carbonyl (C=O) groups is 1. The Hall–Kier alpha value is -3.19. The number of aliphatic hydroxyl groups excluding tert-OH is 2. The minimum absolute atomic E-state index is 0.0968. The Morgan fingerprint density at radius 1 is 1.30 bits per heavy atom. The molecule has 1 unspecified atom stereocenters. The van der Waals surface area contributed by atoms with Crippen LogP contribution in [0, 0.1) is 16.6 Å². The summed E-state index contributed by atoms with van der Waals surface area (Å²) in [5.74, 6) is -0.211.